The summed E-state index contributed by atoms with van der Waals surface area (Å²) in [4.78, 5) is 10.3. The zero-order valence-electron chi connectivity index (χ0n) is 26.3. The van der Waals surface area contributed by atoms with Crippen LogP contribution in [0.25, 0.3) is 0 Å². The van der Waals surface area contributed by atoms with Crippen LogP contribution in [0, 0.1) is 0 Å². The Balaban J connectivity index is 3.04. The van der Waals surface area contributed by atoms with Gasteiger partial charge in [0.15, 0.2) is 0 Å². The average Bonchev–Trinajstić information content (AvgIpc) is 3.02. The van der Waals surface area contributed by atoms with Gasteiger partial charge in [-0.2, -0.15) is 0 Å². The molecule has 15 nitrogen and oxygen atoms in total. The molecule has 0 bridgehead atoms. The zero-order valence-corrected chi connectivity index (χ0v) is 26.3. The van der Waals surface area contributed by atoms with E-state index in [1.54, 1.807) is 0 Å². The monoisotopic (exact) mass is 644 g/mol. The van der Waals surface area contributed by atoms with Crippen LogP contribution >= 0.6 is 0 Å². The van der Waals surface area contributed by atoms with E-state index < -0.39 is 5.97 Å². The molecule has 0 saturated carbocycles. The first-order chi connectivity index (χ1) is 21.8. The summed E-state index contributed by atoms with van der Waals surface area (Å²) in [6, 6.07) is 0. The van der Waals surface area contributed by atoms with Gasteiger partial charge in [-0.1, -0.05) is 6.58 Å². The van der Waals surface area contributed by atoms with Crippen LogP contribution in [0.3, 0.4) is 0 Å². The molecule has 0 heterocycles. The molecule has 44 heavy (non-hydrogen) atoms. The van der Waals surface area contributed by atoms with Crippen molar-refractivity contribution in [3.05, 3.63) is 12.8 Å². The van der Waals surface area contributed by atoms with E-state index in [4.69, 9.17) is 66.7 Å². The fraction of sp³-hybridized carbons (Fsp3) is 0.897. The Morgan fingerprint density at radius 1 is 0.364 bits per heavy atom. The summed E-state index contributed by atoms with van der Waals surface area (Å²) in [6.45, 7) is 15.3. The number of rotatable bonds is 40. The molecule has 262 valence electrons. The standard InChI is InChI=1S/C29H56O15/c1-2-32-5-6-34-9-10-36-13-14-38-17-18-40-21-22-42-25-26-44-28-27-43-24-23-41-20-19-39-16-15-37-12-11-35-8-7-33-4-3-29(30)31/h2H,1,3-28H2,(H,30,31). The van der Waals surface area contributed by atoms with Gasteiger partial charge in [0.2, 0.25) is 0 Å². The summed E-state index contributed by atoms with van der Waals surface area (Å²) in [5, 5.41) is 8.48. The van der Waals surface area contributed by atoms with Gasteiger partial charge >= 0.3 is 5.97 Å². The van der Waals surface area contributed by atoms with E-state index in [-0.39, 0.29) is 13.0 Å². The SMILES string of the molecule is C=COCCOCCOCCOCCOCCOCCOCCOCCOCCOCCOCCOCCOCCC(=O)O. The van der Waals surface area contributed by atoms with E-state index in [2.05, 4.69) is 6.58 Å². The normalized spacial score (nSPS) is 11.3. The van der Waals surface area contributed by atoms with Gasteiger partial charge in [0.05, 0.1) is 171 Å². The second kappa shape index (κ2) is 39.6. The first-order valence-corrected chi connectivity index (χ1v) is 15.1. The van der Waals surface area contributed by atoms with Crippen molar-refractivity contribution in [1.29, 1.82) is 0 Å². The minimum Gasteiger partial charge on any atom is -0.499 e. The van der Waals surface area contributed by atoms with Crippen molar-refractivity contribution in [1.82, 2.24) is 0 Å². The highest BCUT2D eigenvalue weighted by Gasteiger charge is 1.98. The minimum atomic E-state index is -0.875. The van der Waals surface area contributed by atoms with Crippen LogP contribution in [0.4, 0.5) is 0 Å². The number of hydrogen-bond acceptors (Lipinski definition) is 14. The third kappa shape index (κ3) is 40.5. The summed E-state index contributed by atoms with van der Waals surface area (Å²) in [7, 11) is 0. The van der Waals surface area contributed by atoms with Crippen LogP contribution < -0.4 is 0 Å². The van der Waals surface area contributed by atoms with Crippen molar-refractivity contribution >= 4 is 5.97 Å². The maximum absolute atomic E-state index is 10.3. The highest BCUT2D eigenvalue weighted by Crippen LogP contribution is 1.88. The zero-order chi connectivity index (χ0) is 31.9. The van der Waals surface area contributed by atoms with E-state index in [0.717, 1.165) is 0 Å². The topological polar surface area (TPSA) is 157 Å². The number of carboxylic acid groups (broad SMARTS) is 1. The molecule has 0 aliphatic rings. The van der Waals surface area contributed by atoms with Gasteiger partial charge in [-0.3, -0.25) is 4.79 Å². The molecule has 0 aromatic carbocycles. The third-order valence-corrected chi connectivity index (χ3v) is 5.02. The molecule has 0 rings (SSSR count). The molecular weight excluding hydrogens is 588 g/mol. The lowest BCUT2D eigenvalue weighted by Crippen LogP contribution is -2.15. The highest BCUT2D eigenvalue weighted by molar-refractivity contribution is 5.66. The van der Waals surface area contributed by atoms with Crippen molar-refractivity contribution in [2.45, 2.75) is 6.42 Å². The largest absolute Gasteiger partial charge is 0.499 e. The van der Waals surface area contributed by atoms with Crippen LogP contribution in [-0.4, -0.2) is 176 Å². The average molecular weight is 645 g/mol. The number of hydrogen-bond donors (Lipinski definition) is 1. The Labute approximate surface area is 262 Å². The smallest absolute Gasteiger partial charge is 0.305 e. The Kier molecular flexibility index (Phi) is 38.2. The van der Waals surface area contributed by atoms with Crippen LogP contribution in [0.1, 0.15) is 6.42 Å². The number of carbonyl (C=O) groups is 1. The van der Waals surface area contributed by atoms with Gasteiger partial charge in [-0.25, -0.2) is 0 Å². The predicted molar refractivity (Wildman–Crippen MR) is 158 cm³/mol. The molecule has 0 aliphatic heterocycles. The summed E-state index contributed by atoms with van der Waals surface area (Å²) in [5.74, 6) is -0.875. The van der Waals surface area contributed by atoms with Gasteiger partial charge in [-0.15, -0.1) is 0 Å². The first-order valence-electron chi connectivity index (χ1n) is 15.1. The van der Waals surface area contributed by atoms with E-state index >= 15 is 0 Å². The van der Waals surface area contributed by atoms with E-state index in [0.29, 0.717) is 159 Å². The summed E-state index contributed by atoms with van der Waals surface area (Å²) < 4.78 is 69.6. The van der Waals surface area contributed by atoms with E-state index in [1.807, 2.05) is 0 Å². The summed E-state index contributed by atoms with van der Waals surface area (Å²) >= 11 is 0. The molecule has 0 saturated heterocycles. The molecule has 1 N–H and O–H groups in total. The molecule has 0 amide bonds. The van der Waals surface area contributed by atoms with E-state index in [9.17, 15) is 4.79 Å². The molecule has 15 heteroatoms. The summed E-state index contributed by atoms with van der Waals surface area (Å²) in [5.41, 5.74) is 0. The van der Waals surface area contributed by atoms with Crippen molar-refractivity contribution in [3.8, 4) is 0 Å². The van der Waals surface area contributed by atoms with Crippen molar-refractivity contribution < 1.29 is 71.5 Å². The van der Waals surface area contributed by atoms with Gasteiger partial charge < -0.3 is 66.7 Å². The predicted octanol–water partition coefficient (Wildman–Crippen LogP) is 0.820. The van der Waals surface area contributed by atoms with Crippen LogP contribution in [0.2, 0.25) is 0 Å². The Morgan fingerprint density at radius 3 is 0.727 bits per heavy atom. The second-order valence-corrected chi connectivity index (χ2v) is 8.53. The lowest BCUT2D eigenvalue weighted by Gasteiger charge is -2.09. The summed E-state index contributed by atoms with van der Waals surface area (Å²) in [6.07, 6.45) is 1.39. The fourth-order valence-corrected chi connectivity index (χ4v) is 2.87. The lowest BCUT2D eigenvalue weighted by molar-refractivity contribution is -0.138. The molecule has 0 atom stereocenters. The lowest BCUT2D eigenvalue weighted by atomic mass is 10.5. The number of aliphatic carboxylic acids is 1. The molecule has 0 aliphatic carbocycles. The van der Waals surface area contributed by atoms with Crippen molar-refractivity contribution in [2.75, 3.05) is 165 Å². The molecule has 0 aromatic rings. The maximum atomic E-state index is 10.3. The molecule has 0 unspecified atom stereocenters. The molecule has 0 fully saturated rings. The number of carboxylic acids is 1. The number of ether oxygens (including phenoxy) is 13. The first kappa shape index (κ1) is 42.5. The van der Waals surface area contributed by atoms with Crippen LogP contribution in [0.5, 0.6) is 0 Å². The molecule has 0 spiro atoms. The van der Waals surface area contributed by atoms with Crippen molar-refractivity contribution in [2.24, 2.45) is 0 Å². The Bertz CT molecular complexity index is 571. The minimum absolute atomic E-state index is 0.00307. The quantitative estimate of drug-likeness (QED) is 0.0738. The molecule has 0 aromatic heterocycles. The van der Waals surface area contributed by atoms with Crippen LogP contribution in [-0.2, 0) is 66.4 Å². The second-order valence-electron chi connectivity index (χ2n) is 8.53. The van der Waals surface area contributed by atoms with Crippen LogP contribution in [0.15, 0.2) is 12.8 Å². The third-order valence-electron chi connectivity index (χ3n) is 5.02. The maximum Gasteiger partial charge on any atom is 0.305 e. The Hall–Kier alpha value is -1.47. The molecule has 0 radical (unpaired) electrons. The van der Waals surface area contributed by atoms with Crippen molar-refractivity contribution in [3.63, 3.8) is 0 Å². The molecular formula is C29H56O15. The van der Waals surface area contributed by atoms with Gasteiger partial charge in [0.25, 0.3) is 0 Å². The van der Waals surface area contributed by atoms with E-state index in [1.165, 1.54) is 6.26 Å². The van der Waals surface area contributed by atoms with Gasteiger partial charge in [0, 0.05) is 0 Å². The highest BCUT2D eigenvalue weighted by atomic mass is 16.6. The van der Waals surface area contributed by atoms with Gasteiger partial charge in [-0.05, 0) is 0 Å². The Morgan fingerprint density at radius 2 is 0.545 bits per heavy atom. The fourth-order valence-electron chi connectivity index (χ4n) is 2.87. The van der Waals surface area contributed by atoms with Gasteiger partial charge in [0.1, 0.15) is 6.61 Å².